The van der Waals surface area contributed by atoms with E-state index in [0.717, 1.165) is 12.8 Å². The maximum atomic E-state index is 12.4. The van der Waals surface area contributed by atoms with Crippen molar-refractivity contribution >= 4 is 24.4 Å². The molecule has 0 aromatic heterocycles. The lowest BCUT2D eigenvalue weighted by Gasteiger charge is -2.25. The van der Waals surface area contributed by atoms with Gasteiger partial charge in [-0.1, -0.05) is 42.5 Å². The van der Waals surface area contributed by atoms with Crippen LogP contribution in [0.15, 0.2) is 42.5 Å². The first-order valence-electron chi connectivity index (χ1n) is 9.02. The second kappa shape index (κ2) is 7.80. The van der Waals surface area contributed by atoms with Crippen LogP contribution in [0.25, 0.3) is 0 Å². The van der Waals surface area contributed by atoms with Gasteiger partial charge >= 0.3 is 0 Å². The van der Waals surface area contributed by atoms with Crippen LogP contribution < -0.4 is 5.30 Å². The average molecular weight is 390 g/mol. The molecule has 0 saturated heterocycles. The molecular formula is C21H28NO2PS. The van der Waals surface area contributed by atoms with Gasteiger partial charge in [0, 0.05) is 12.8 Å². The predicted molar refractivity (Wildman–Crippen MR) is 113 cm³/mol. The summed E-state index contributed by atoms with van der Waals surface area (Å²) in [6, 6.07) is 15.1. The van der Waals surface area contributed by atoms with Gasteiger partial charge in [0.05, 0.1) is 5.25 Å². The van der Waals surface area contributed by atoms with E-state index in [0.29, 0.717) is 13.0 Å². The first kappa shape index (κ1) is 19.5. The van der Waals surface area contributed by atoms with E-state index in [-0.39, 0.29) is 11.2 Å². The molecule has 0 saturated carbocycles. The number of hydrogen-bond acceptors (Lipinski definition) is 3. The third-order valence-electron chi connectivity index (χ3n) is 5.29. The number of nitrogens with zero attached hydrogens (tertiary/aromatic N) is 1. The standard InChI is InChI=1S/C21H28NO2PS/c1-22(2)14-20(26(3,23)24)13-18-11-17-12-19(25)9-8-15(17)10-16-6-4-5-7-21(16)18/h4-9,12,18,20H,10-11,13-14,25H2,1-3H3. The number of benzene rings is 2. The quantitative estimate of drug-likeness (QED) is 0.738. The summed E-state index contributed by atoms with van der Waals surface area (Å²) in [6.07, 6.45) is 3.85. The van der Waals surface area contributed by atoms with Crippen LogP contribution in [-0.2, 0) is 22.7 Å². The SMILES string of the molecule is CN(C)CC(CC1Cc2cc(P)ccc2Cc2ccccc21)S(C)(=O)=O. The molecule has 3 rings (SSSR count). The van der Waals surface area contributed by atoms with Gasteiger partial charge in [0.15, 0.2) is 9.84 Å². The van der Waals surface area contributed by atoms with Crippen molar-refractivity contribution in [1.29, 1.82) is 0 Å². The lowest BCUT2D eigenvalue weighted by atomic mass is 9.87. The van der Waals surface area contributed by atoms with Crippen LogP contribution >= 0.6 is 9.24 Å². The molecule has 26 heavy (non-hydrogen) atoms. The van der Waals surface area contributed by atoms with E-state index in [4.69, 9.17) is 0 Å². The number of sulfone groups is 1. The lowest BCUT2D eigenvalue weighted by Crippen LogP contribution is -2.34. The molecule has 1 aliphatic carbocycles. The fourth-order valence-electron chi connectivity index (χ4n) is 4.00. The molecule has 0 amide bonds. The average Bonchev–Trinajstić information content (AvgIpc) is 2.69. The normalized spacial score (nSPS) is 18.1. The highest BCUT2D eigenvalue weighted by molar-refractivity contribution is 7.91. The van der Waals surface area contributed by atoms with Crippen molar-refractivity contribution in [3.05, 3.63) is 64.7 Å². The molecule has 2 aromatic carbocycles. The number of hydrogen-bond donors (Lipinski definition) is 0. The molecule has 0 radical (unpaired) electrons. The summed E-state index contributed by atoms with van der Waals surface area (Å²) in [5.41, 5.74) is 5.33. The first-order valence-corrected chi connectivity index (χ1v) is 11.6. The second-order valence-corrected chi connectivity index (χ2v) is 10.7. The fraction of sp³-hybridized carbons (Fsp3) is 0.429. The van der Waals surface area contributed by atoms with Gasteiger partial charge in [0.1, 0.15) is 0 Å². The van der Waals surface area contributed by atoms with E-state index in [1.54, 1.807) is 0 Å². The minimum atomic E-state index is -3.11. The molecule has 3 atom stereocenters. The van der Waals surface area contributed by atoms with Gasteiger partial charge in [-0.05, 0) is 66.8 Å². The van der Waals surface area contributed by atoms with E-state index in [1.165, 1.54) is 33.8 Å². The van der Waals surface area contributed by atoms with Crippen LogP contribution in [0.2, 0.25) is 0 Å². The Morgan fingerprint density at radius 3 is 2.54 bits per heavy atom. The first-order chi connectivity index (χ1) is 12.2. The Labute approximate surface area is 159 Å². The molecule has 0 heterocycles. The van der Waals surface area contributed by atoms with Gasteiger partial charge in [-0.3, -0.25) is 0 Å². The van der Waals surface area contributed by atoms with Crippen molar-refractivity contribution < 1.29 is 8.42 Å². The van der Waals surface area contributed by atoms with Gasteiger partial charge in [-0.25, -0.2) is 8.42 Å². The fourth-order valence-corrected chi connectivity index (χ4v) is 5.45. The van der Waals surface area contributed by atoms with Crippen molar-refractivity contribution in [3.63, 3.8) is 0 Å². The van der Waals surface area contributed by atoms with Crippen molar-refractivity contribution in [3.8, 4) is 0 Å². The zero-order chi connectivity index (χ0) is 18.9. The Balaban J connectivity index is 2.01. The van der Waals surface area contributed by atoms with E-state index in [1.807, 2.05) is 19.0 Å². The zero-order valence-electron chi connectivity index (χ0n) is 15.8. The molecular weight excluding hydrogens is 361 g/mol. The molecule has 1 aliphatic rings. The van der Waals surface area contributed by atoms with Crippen LogP contribution in [0, 0.1) is 0 Å². The highest BCUT2D eigenvalue weighted by Crippen LogP contribution is 2.35. The maximum absolute atomic E-state index is 12.4. The Bertz CT molecular complexity index is 893. The highest BCUT2D eigenvalue weighted by atomic mass is 32.2. The summed E-state index contributed by atoms with van der Waals surface area (Å²) in [5.74, 6) is 0.221. The zero-order valence-corrected chi connectivity index (χ0v) is 17.7. The van der Waals surface area contributed by atoms with Crippen molar-refractivity contribution in [2.75, 3.05) is 26.9 Å². The van der Waals surface area contributed by atoms with Crippen molar-refractivity contribution in [2.45, 2.75) is 30.4 Å². The Morgan fingerprint density at radius 1 is 1.12 bits per heavy atom. The van der Waals surface area contributed by atoms with E-state index < -0.39 is 9.84 Å². The van der Waals surface area contributed by atoms with E-state index in [2.05, 4.69) is 51.7 Å². The smallest absolute Gasteiger partial charge is 0.151 e. The summed E-state index contributed by atoms with van der Waals surface area (Å²) in [6.45, 7) is 0.564. The van der Waals surface area contributed by atoms with Crippen LogP contribution in [0.5, 0.6) is 0 Å². The summed E-state index contributed by atoms with van der Waals surface area (Å²) in [5, 5.41) is 0.831. The van der Waals surface area contributed by atoms with E-state index >= 15 is 0 Å². The molecule has 3 unspecified atom stereocenters. The van der Waals surface area contributed by atoms with Crippen LogP contribution in [0.3, 0.4) is 0 Å². The Hall–Kier alpha value is -1.22. The third kappa shape index (κ3) is 4.54. The van der Waals surface area contributed by atoms with E-state index in [9.17, 15) is 8.42 Å². The van der Waals surface area contributed by atoms with Crippen LogP contribution in [0.1, 0.15) is 34.6 Å². The summed E-state index contributed by atoms with van der Waals surface area (Å²) >= 11 is 0. The highest BCUT2D eigenvalue weighted by Gasteiger charge is 2.29. The molecule has 3 nitrogen and oxygen atoms in total. The summed E-state index contributed by atoms with van der Waals surface area (Å²) in [4.78, 5) is 1.98. The summed E-state index contributed by atoms with van der Waals surface area (Å²) < 4.78 is 24.8. The lowest BCUT2D eigenvalue weighted by molar-refractivity contribution is 0.382. The molecule has 5 heteroatoms. The van der Waals surface area contributed by atoms with Gasteiger partial charge in [0.2, 0.25) is 0 Å². The second-order valence-electron chi connectivity index (χ2n) is 7.75. The molecule has 140 valence electrons. The third-order valence-corrected chi connectivity index (χ3v) is 7.21. The molecule has 0 spiro atoms. The number of fused-ring (bicyclic) bond motifs is 2. The van der Waals surface area contributed by atoms with Crippen LogP contribution in [0.4, 0.5) is 0 Å². The topological polar surface area (TPSA) is 37.4 Å². The van der Waals surface area contributed by atoms with Crippen LogP contribution in [-0.4, -0.2) is 45.5 Å². The van der Waals surface area contributed by atoms with Gasteiger partial charge < -0.3 is 4.90 Å². The molecule has 0 fully saturated rings. The maximum Gasteiger partial charge on any atom is 0.151 e. The Kier molecular flexibility index (Phi) is 5.86. The molecule has 2 aromatic rings. The Morgan fingerprint density at radius 2 is 1.85 bits per heavy atom. The predicted octanol–water partition coefficient (Wildman–Crippen LogP) is 2.78. The largest absolute Gasteiger partial charge is 0.308 e. The van der Waals surface area contributed by atoms with Gasteiger partial charge in [-0.2, -0.15) is 0 Å². The molecule has 0 aliphatic heterocycles. The molecule has 0 N–H and O–H groups in total. The molecule has 0 bridgehead atoms. The van der Waals surface area contributed by atoms with Gasteiger partial charge in [0.25, 0.3) is 0 Å². The van der Waals surface area contributed by atoms with Crippen molar-refractivity contribution in [2.24, 2.45) is 0 Å². The summed E-state index contributed by atoms with van der Waals surface area (Å²) in [7, 11) is 3.55. The minimum absolute atomic E-state index is 0.221. The monoisotopic (exact) mass is 389 g/mol. The minimum Gasteiger partial charge on any atom is -0.308 e. The van der Waals surface area contributed by atoms with Crippen molar-refractivity contribution in [1.82, 2.24) is 4.90 Å². The van der Waals surface area contributed by atoms with Gasteiger partial charge in [-0.15, -0.1) is 9.24 Å². The number of rotatable bonds is 5.